The van der Waals surface area contributed by atoms with Gasteiger partial charge < -0.3 is 10.1 Å². The van der Waals surface area contributed by atoms with Crippen molar-refractivity contribution in [2.75, 3.05) is 26.3 Å². The van der Waals surface area contributed by atoms with Crippen molar-refractivity contribution in [3.63, 3.8) is 0 Å². The van der Waals surface area contributed by atoms with Gasteiger partial charge in [0.25, 0.3) is 0 Å². The molecule has 104 valence electrons. The molecule has 3 rings (SSSR count). The van der Waals surface area contributed by atoms with E-state index in [0.717, 1.165) is 25.3 Å². The first-order chi connectivity index (χ1) is 9.33. The second kappa shape index (κ2) is 6.03. The van der Waals surface area contributed by atoms with Crippen LogP contribution in [0.5, 0.6) is 0 Å². The second-order valence-electron chi connectivity index (χ2n) is 5.33. The highest BCUT2D eigenvalue weighted by molar-refractivity contribution is 7.07. The van der Waals surface area contributed by atoms with E-state index in [1.54, 1.807) is 11.3 Å². The maximum atomic E-state index is 12.0. The lowest BCUT2D eigenvalue weighted by Gasteiger charge is -2.27. The quantitative estimate of drug-likeness (QED) is 0.903. The second-order valence-corrected chi connectivity index (χ2v) is 6.11. The van der Waals surface area contributed by atoms with Crippen LogP contribution in [0.4, 0.5) is 0 Å². The van der Waals surface area contributed by atoms with Crippen LogP contribution in [0.3, 0.4) is 0 Å². The molecule has 0 radical (unpaired) electrons. The molecule has 1 aromatic heterocycles. The van der Waals surface area contributed by atoms with Crippen molar-refractivity contribution in [2.45, 2.75) is 31.3 Å². The fourth-order valence-electron chi connectivity index (χ4n) is 2.95. The molecule has 0 aliphatic carbocycles. The zero-order valence-electron chi connectivity index (χ0n) is 11.0. The molecule has 0 spiro atoms. The van der Waals surface area contributed by atoms with E-state index < -0.39 is 0 Å². The monoisotopic (exact) mass is 280 g/mol. The van der Waals surface area contributed by atoms with Gasteiger partial charge in [-0.2, -0.15) is 11.3 Å². The van der Waals surface area contributed by atoms with Crippen LogP contribution in [-0.4, -0.2) is 49.2 Å². The van der Waals surface area contributed by atoms with Gasteiger partial charge in [-0.1, -0.05) is 0 Å². The molecule has 2 aliphatic heterocycles. The van der Waals surface area contributed by atoms with E-state index in [1.165, 1.54) is 12.8 Å². The predicted molar refractivity (Wildman–Crippen MR) is 75.4 cm³/mol. The van der Waals surface area contributed by atoms with E-state index in [9.17, 15) is 4.79 Å². The Morgan fingerprint density at radius 2 is 2.26 bits per heavy atom. The Bertz CT molecular complexity index is 415. The molecule has 0 saturated carbocycles. The van der Waals surface area contributed by atoms with Crippen LogP contribution < -0.4 is 5.32 Å². The van der Waals surface area contributed by atoms with Gasteiger partial charge in [-0.05, 0) is 48.3 Å². The van der Waals surface area contributed by atoms with Gasteiger partial charge in [-0.25, -0.2) is 0 Å². The Labute approximate surface area is 117 Å². The molecule has 0 aromatic carbocycles. The SMILES string of the molecule is O=C(Cc1ccsc1)N[C@H]1COC[C@@H]1N1CCCC1. The van der Waals surface area contributed by atoms with E-state index in [1.807, 2.05) is 16.8 Å². The van der Waals surface area contributed by atoms with Gasteiger partial charge in [0.1, 0.15) is 0 Å². The third kappa shape index (κ3) is 3.16. The number of likely N-dealkylation sites (tertiary alicyclic amines) is 1. The third-order valence-electron chi connectivity index (χ3n) is 3.95. The standard InChI is InChI=1S/C14H20N2O2S/c17-14(7-11-3-6-19-10-11)15-12-8-18-9-13(12)16-4-1-2-5-16/h3,6,10,12-13H,1-2,4-5,7-9H2,(H,15,17)/t12-,13-/m0/s1. The van der Waals surface area contributed by atoms with Crippen molar-refractivity contribution in [3.05, 3.63) is 22.4 Å². The molecule has 0 unspecified atom stereocenters. The van der Waals surface area contributed by atoms with E-state index in [0.29, 0.717) is 19.1 Å². The van der Waals surface area contributed by atoms with Gasteiger partial charge >= 0.3 is 0 Å². The summed E-state index contributed by atoms with van der Waals surface area (Å²) in [5.74, 6) is 0.109. The van der Waals surface area contributed by atoms with Crippen LogP contribution >= 0.6 is 11.3 Å². The van der Waals surface area contributed by atoms with Gasteiger partial charge in [-0.3, -0.25) is 9.69 Å². The summed E-state index contributed by atoms with van der Waals surface area (Å²) in [5, 5.41) is 7.18. The normalized spacial score (nSPS) is 27.8. The molecule has 1 aromatic rings. The Hall–Kier alpha value is -0.910. The summed E-state index contributed by atoms with van der Waals surface area (Å²) >= 11 is 1.63. The van der Waals surface area contributed by atoms with Crippen molar-refractivity contribution in [2.24, 2.45) is 0 Å². The summed E-state index contributed by atoms with van der Waals surface area (Å²) < 4.78 is 5.56. The summed E-state index contributed by atoms with van der Waals surface area (Å²) in [6.07, 6.45) is 3.02. The van der Waals surface area contributed by atoms with Gasteiger partial charge in [0.2, 0.25) is 5.91 Å². The largest absolute Gasteiger partial charge is 0.378 e. The van der Waals surface area contributed by atoms with Crippen molar-refractivity contribution >= 4 is 17.2 Å². The minimum absolute atomic E-state index is 0.109. The fraction of sp³-hybridized carbons (Fsp3) is 0.643. The van der Waals surface area contributed by atoms with E-state index >= 15 is 0 Å². The highest BCUT2D eigenvalue weighted by atomic mass is 32.1. The van der Waals surface area contributed by atoms with E-state index in [4.69, 9.17) is 4.74 Å². The van der Waals surface area contributed by atoms with Crippen molar-refractivity contribution < 1.29 is 9.53 Å². The van der Waals surface area contributed by atoms with Crippen molar-refractivity contribution in [1.29, 1.82) is 0 Å². The minimum Gasteiger partial charge on any atom is -0.378 e. The van der Waals surface area contributed by atoms with Crippen LogP contribution in [0.2, 0.25) is 0 Å². The van der Waals surface area contributed by atoms with Crippen LogP contribution in [0.15, 0.2) is 16.8 Å². The molecule has 2 aliphatic rings. The Balaban J connectivity index is 1.54. The molecule has 1 amide bonds. The maximum Gasteiger partial charge on any atom is 0.224 e. The highest BCUT2D eigenvalue weighted by Crippen LogP contribution is 2.19. The first-order valence-corrected chi connectivity index (χ1v) is 7.89. The highest BCUT2D eigenvalue weighted by Gasteiger charge is 2.35. The predicted octanol–water partition coefficient (Wildman–Crippen LogP) is 1.27. The third-order valence-corrected chi connectivity index (χ3v) is 4.68. The van der Waals surface area contributed by atoms with E-state index in [-0.39, 0.29) is 11.9 Å². The molecule has 0 bridgehead atoms. The van der Waals surface area contributed by atoms with E-state index in [2.05, 4.69) is 10.2 Å². The molecule has 4 nitrogen and oxygen atoms in total. The molecule has 2 atom stereocenters. The van der Waals surface area contributed by atoms with Crippen molar-refractivity contribution in [1.82, 2.24) is 10.2 Å². The zero-order chi connectivity index (χ0) is 13.1. The Kier molecular flexibility index (Phi) is 4.15. The summed E-state index contributed by atoms with van der Waals surface area (Å²) in [4.78, 5) is 14.5. The number of hydrogen-bond donors (Lipinski definition) is 1. The fourth-order valence-corrected chi connectivity index (χ4v) is 3.62. The van der Waals surface area contributed by atoms with Crippen LogP contribution in [0.25, 0.3) is 0 Å². The summed E-state index contributed by atoms with van der Waals surface area (Å²) in [5.41, 5.74) is 1.10. The molecule has 19 heavy (non-hydrogen) atoms. The number of ether oxygens (including phenoxy) is 1. The number of amides is 1. The van der Waals surface area contributed by atoms with Gasteiger partial charge in [0.05, 0.1) is 31.7 Å². The molecule has 2 saturated heterocycles. The minimum atomic E-state index is 0.109. The number of nitrogens with zero attached hydrogens (tertiary/aromatic N) is 1. The average molecular weight is 280 g/mol. The number of nitrogens with one attached hydrogen (secondary N) is 1. The topological polar surface area (TPSA) is 41.6 Å². The van der Waals surface area contributed by atoms with Crippen LogP contribution in [0, 0.1) is 0 Å². The lowest BCUT2D eigenvalue weighted by Crippen LogP contribution is -2.50. The number of carbonyl (C=O) groups is 1. The number of thiophene rings is 1. The summed E-state index contributed by atoms with van der Waals surface area (Å²) in [7, 11) is 0. The molecule has 3 heterocycles. The first kappa shape index (κ1) is 13.1. The number of carbonyl (C=O) groups excluding carboxylic acids is 1. The Morgan fingerprint density at radius 3 is 3.00 bits per heavy atom. The average Bonchev–Trinajstić information content (AvgIpc) is 3.09. The summed E-state index contributed by atoms with van der Waals surface area (Å²) in [6, 6.07) is 2.53. The first-order valence-electron chi connectivity index (χ1n) is 6.95. The van der Waals surface area contributed by atoms with Crippen LogP contribution in [0.1, 0.15) is 18.4 Å². The smallest absolute Gasteiger partial charge is 0.224 e. The number of rotatable bonds is 4. The molecule has 5 heteroatoms. The molecule has 1 N–H and O–H groups in total. The lowest BCUT2D eigenvalue weighted by atomic mass is 10.1. The van der Waals surface area contributed by atoms with Gasteiger partial charge in [-0.15, -0.1) is 0 Å². The summed E-state index contributed by atoms with van der Waals surface area (Å²) in [6.45, 7) is 3.69. The Morgan fingerprint density at radius 1 is 1.42 bits per heavy atom. The van der Waals surface area contributed by atoms with Crippen LogP contribution in [-0.2, 0) is 16.0 Å². The van der Waals surface area contributed by atoms with Gasteiger partial charge in [0.15, 0.2) is 0 Å². The zero-order valence-corrected chi connectivity index (χ0v) is 11.8. The van der Waals surface area contributed by atoms with Crippen molar-refractivity contribution in [3.8, 4) is 0 Å². The maximum absolute atomic E-state index is 12.0. The molecular formula is C14H20N2O2S. The lowest BCUT2D eigenvalue weighted by molar-refractivity contribution is -0.121. The number of hydrogen-bond acceptors (Lipinski definition) is 4. The van der Waals surface area contributed by atoms with Gasteiger partial charge in [0, 0.05) is 0 Å². The molecular weight excluding hydrogens is 260 g/mol. The molecule has 2 fully saturated rings.